The number of hydrogen-bond acceptors (Lipinski definition) is 7. The summed E-state index contributed by atoms with van der Waals surface area (Å²) in [5, 5.41) is 20.7. The molecule has 0 bridgehead atoms. The van der Waals surface area contributed by atoms with Crippen LogP contribution in [0.15, 0.2) is 40.9 Å². The first-order chi connectivity index (χ1) is 16.1. The maximum Gasteiger partial charge on any atom is 0.237 e. The van der Waals surface area contributed by atoms with E-state index in [1.165, 1.54) is 17.3 Å². The number of anilines is 1. The number of aryl methyl sites for hydroxylation is 2. The molecule has 0 N–H and O–H groups in total. The summed E-state index contributed by atoms with van der Waals surface area (Å²) in [7, 11) is 0. The number of aromatic nitrogens is 3. The highest BCUT2D eigenvalue weighted by Gasteiger charge is 2.24. The summed E-state index contributed by atoms with van der Waals surface area (Å²) in [4.78, 5) is 16.0. The summed E-state index contributed by atoms with van der Waals surface area (Å²) < 4.78 is 7.93. The van der Waals surface area contributed by atoms with E-state index in [1.807, 2.05) is 49.6 Å². The van der Waals surface area contributed by atoms with E-state index >= 15 is 0 Å². The van der Waals surface area contributed by atoms with Crippen molar-refractivity contribution in [2.45, 2.75) is 50.9 Å². The van der Waals surface area contributed by atoms with E-state index in [0.717, 1.165) is 41.4 Å². The first-order valence-corrected chi connectivity index (χ1v) is 12.9. The minimum atomic E-state index is -0.0529. The highest BCUT2D eigenvalue weighted by molar-refractivity contribution is 7.99. The van der Waals surface area contributed by atoms with E-state index in [4.69, 9.17) is 10.00 Å². The van der Waals surface area contributed by atoms with Gasteiger partial charge >= 0.3 is 0 Å². The normalized spacial score (nSPS) is 15.5. The fraction of sp³-hybridized carbons (Fsp3) is 0.417. The molecule has 3 heterocycles. The predicted octanol–water partition coefficient (Wildman–Crippen LogP) is 4.84. The second-order valence-electron chi connectivity index (χ2n) is 8.04. The number of benzene rings is 1. The Labute approximate surface area is 202 Å². The number of amides is 1. The smallest absolute Gasteiger partial charge is 0.237 e. The summed E-state index contributed by atoms with van der Waals surface area (Å²) in [5.41, 5.74) is 3.11. The topological polar surface area (TPSA) is 84.0 Å². The van der Waals surface area contributed by atoms with Crippen LogP contribution in [0.1, 0.15) is 30.4 Å². The van der Waals surface area contributed by atoms with Gasteiger partial charge < -0.3 is 9.64 Å². The monoisotopic (exact) mass is 481 g/mol. The zero-order valence-corrected chi connectivity index (χ0v) is 20.5. The van der Waals surface area contributed by atoms with Crippen LogP contribution >= 0.6 is 23.1 Å². The molecule has 1 fully saturated rings. The summed E-state index contributed by atoms with van der Waals surface area (Å²) in [6, 6.07) is 12.1. The average molecular weight is 482 g/mol. The number of rotatable bonds is 9. The number of ether oxygens (including phenoxy) is 1. The largest absolute Gasteiger partial charge is 0.376 e. The minimum absolute atomic E-state index is 0.0529. The van der Waals surface area contributed by atoms with E-state index in [2.05, 4.69) is 20.8 Å². The molecular weight excluding hydrogens is 454 g/mol. The van der Waals surface area contributed by atoms with Crippen molar-refractivity contribution in [3.05, 3.63) is 46.8 Å². The van der Waals surface area contributed by atoms with Crippen LogP contribution in [-0.4, -0.2) is 45.7 Å². The molecule has 0 spiro atoms. The van der Waals surface area contributed by atoms with Gasteiger partial charge in [-0.25, -0.2) is 0 Å². The summed E-state index contributed by atoms with van der Waals surface area (Å²) in [5.74, 6) is 0.973. The molecule has 33 heavy (non-hydrogen) atoms. The zero-order chi connectivity index (χ0) is 23.2. The van der Waals surface area contributed by atoms with Crippen LogP contribution in [0.25, 0.3) is 10.7 Å². The van der Waals surface area contributed by atoms with Crippen molar-refractivity contribution >= 4 is 34.7 Å². The van der Waals surface area contributed by atoms with Gasteiger partial charge in [0, 0.05) is 18.8 Å². The fourth-order valence-corrected chi connectivity index (χ4v) is 5.34. The fourth-order valence-electron chi connectivity index (χ4n) is 3.80. The van der Waals surface area contributed by atoms with Crippen molar-refractivity contribution in [2.24, 2.45) is 0 Å². The number of nitriles is 1. The Morgan fingerprint density at radius 1 is 1.33 bits per heavy atom. The molecule has 9 heteroatoms. The van der Waals surface area contributed by atoms with E-state index in [1.54, 1.807) is 16.2 Å². The lowest BCUT2D eigenvalue weighted by Gasteiger charge is -2.22. The van der Waals surface area contributed by atoms with Crippen molar-refractivity contribution < 1.29 is 9.53 Å². The quantitative estimate of drug-likeness (QED) is 0.407. The van der Waals surface area contributed by atoms with Crippen LogP contribution in [0.2, 0.25) is 0 Å². The lowest BCUT2D eigenvalue weighted by atomic mass is 10.1. The zero-order valence-electron chi connectivity index (χ0n) is 18.9. The molecule has 0 aliphatic carbocycles. The van der Waals surface area contributed by atoms with Gasteiger partial charge in [-0.1, -0.05) is 23.9 Å². The lowest BCUT2D eigenvalue weighted by molar-refractivity contribution is -0.116. The Morgan fingerprint density at radius 2 is 2.21 bits per heavy atom. The molecule has 1 unspecified atom stereocenters. The number of hydrogen-bond donors (Lipinski definition) is 0. The molecule has 4 rings (SSSR count). The Bertz CT molecular complexity index is 1130. The second kappa shape index (κ2) is 11.0. The molecule has 3 aromatic rings. The third kappa shape index (κ3) is 5.64. The standard InChI is InChI=1S/C24H27N5O2S2/c1-17-8-9-19(14-18(17)2)28(11-5-10-25)22(30)16-33-24-27-26-23(21-7-4-13-32-21)29(24)15-20-6-3-12-31-20/h4,7-9,13-14,20H,3,5-6,11-12,15-16H2,1-2H3. The van der Waals surface area contributed by atoms with Crippen LogP contribution in [0.4, 0.5) is 5.69 Å². The van der Waals surface area contributed by atoms with Crippen LogP contribution in [0, 0.1) is 25.2 Å². The Hall–Kier alpha value is -2.67. The number of thioether (sulfide) groups is 1. The molecule has 1 aromatic carbocycles. The van der Waals surface area contributed by atoms with Gasteiger partial charge in [0.25, 0.3) is 0 Å². The second-order valence-corrected chi connectivity index (χ2v) is 9.93. The lowest BCUT2D eigenvalue weighted by Crippen LogP contribution is -2.33. The van der Waals surface area contributed by atoms with Crippen LogP contribution in [0.3, 0.4) is 0 Å². The molecule has 172 valence electrons. The molecule has 7 nitrogen and oxygen atoms in total. The Kier molecular flexibility index (Phi) is 7.81. The molecule has 1 saturated heterocycles. The first kappa shape index (κ1) is 23.5. The molecule has 1 atom stereocenters. The highest BCUT2D eigenvalue weighted by Crippen LogP contribution is 2.29. The van der Waals surface area contributed by atoms with Gasteiger partial charge in [0.15, 0.2) is 11.0 Å². The number of carbonyl (C=O) groups is 1. The van der Waals surface area contributed by atoms with Crippen molar-refractivity contribution in [3.8, 4) is 16.8 Å². The number of nitrogens with zero attached hydrogens (tertiary/aromatic N) is 5. The average Bonchev–Trinajstić information content (AvgIpc) is 3.58. The third-order valence-electron chi connectivity index (χ3n) is 5.74. The molecule has 2 aromatic heterocycles. The summed E-state index contributed by atoms with van der Waals surface area (Å²) >= 11 is 3.01. The minimum Gasteiger partial charge on any atom is -0.376 e. The molecule has 0 saturated carbocycles. The highest BCUT2D eigenvalue weighted by atomic mass is 32.2. The third-order valence-corrected chi connectivity index (χ3v) is 7.56. The van der Waals surface area contributed by atoms with E-state index < -0.39 is 0 Å². The van der Waals surface area contributed by atoms with E-state index in [0.29, 0.717) is 18.2 Å². The Balaban J connectivity index is 1.53. The van der Waals surface area contributed by atoms with Crippen molar-refractivity contribution in [1.82, 2.24) is 14.8 Å². The number of carbonyl (C=O) groups excluding carboxylic acids is 1. The van der Waals surface area contributed by atoms with E-state index in [-0.39, 0.29) is 24.2 Å². The summed E-state index contributed by atoms with van der Waals surface area (Å²) in [6.07, 6.45) is 2.49. The number of thiophene rings is 1. The molecule has 0 radical (unpaired) electrons. The predicted molar refractivity (Wildman–Crippen MR) is 132 cm³/mol. The maximum atomic E-state index is 13.2. The SMILES string of the molecule is Cc1ccc(N(CCC#N)C(=O)CSc2nnc(-c3cccs3)n2CC2CCCO2)cc1C. The summed E-state index contributed by atoms with van der Waals surface area (Å²) in [6.45, 7) is 5.89. The van der Waals surface area contributed by atoms with Crippen LogP contribution < -0.4 is 4.90 Å². The van der Waals surface area contributed by atoms with Gasteiger partial charge in [0.1, 0.15) is 0 Å². The van der Waals surface area contributed by atoms with Crippen molar-refractivity contribution in [2.75, 3.05) is 23.8 Å². The first-order valence-electron chi connectivity index (χ1n) is 11.0. The van der Waals surface area contributed by atoms with Gasteiger partial charge in [-0.05, 0) is 61.4 Å². The molecule has 1 amide bonds. The Morgan fingerprint density at radius 3 is 2.91 bits per heavy atom. The molecule has 1 aliphatic heterocycles. The van der Waals surface area contributed by atoms with Gasteiger partial charge in [-0.15, -0.1) is 21.5 Å². The van der Waals surface area contributed by atoms with Crippen LogP contribution in [-0.2, 0) is 16.1 Å². The van der Waals surface area contributed by atoms with E-state index in [9.17, 15) is 4.79 Å². The van der Waals surface area contributed by atoms with Crippen molar-refractivity contribution in [1.29, 1.82) is 5.26 Å². The van der Waals surface area contributed by atoms with Crippen LogP contribution in [0.5, 0.6) is 0 Å². The van der Waals surface area contributed by atoms with Gasteiger partial charge in [0.05, 0.1) is 35.8 Å². The maximum absolute atomic E-state index is 13.2. The molecule has 1 aliphatic rings. The molecular formula is C24H27N5O2S2. The van der Waals surface area contributed by atoms with Gasteiger partial charge in [-0.3, -0.25) is 9.36 Å². The van der Waals surface area contributed by atoms with Crippen molar-refractivity contribution in [3.63, 3.8) is 0 Å². The van der Waals surface area contributed by atoms with Gasteiger partial charge in [-0.2, -0.15) is 5.26 Å². The van der Waals surface area contributed by atoms with Gasteiger partial charge in [0.2, 0.25) is 5.91 Å².